The number of amides is 2. The molecule has 1 aliphatic heterocycles. The number of fused-ring (bicyclic) bond motifs is 3. The molecule has 0 radical (unpaired) electrons. The van der Waals surface area contributed by atoms with Crippen molar-refractivity contribution in [3.63, 3.8) is 0 Å². The van der Waals surface area contributed by atoms with Gasteiger partial charge in [0.2, 0.25) is 0 Å². The summed E-state index contributed by atoms with van der Waals surface area (Å²) in [4.78, 5) is 36.2. The van der Waals surface area contributed by atoms with Crippen LogP contribution in [0.3, 0.4) is 0 Å². The smallest absolute Gasteiger partial charge is 0.267 e. The largest absolute Gasteiger partial charge is 0.497 e. The van der Waals surface area contributed by atoms with Gasteiger partial charge in [0.05, 0.1) is 29.3 Å². The summed E-state index contributed by atoms with van der Waals surface area (Å²) in [5.74, 6) is -0.280. The maximum absolute atomic E-state index is 13.4. The van der Waals surface area contributed by atoms with Gasteiger partial charge in [-0.2, -0.15) is 5.10 Å². The Morgan fingerprint density at radius 1 is 1.03 bits per heavy atom. The monoisotopic (exact) mass is 385 g/mol. The molecule has 8 nitrogen and oxygen atoms in total. The van der Waals surface area contributed by atoms with Gasteiger partial charge in [-0.05, 0) is 24.3 Å². The Labute approximate surface area is 165 Å². The Morgan fingerprint density at radius 2 is 1.90 bits per heavy atom. The Morgan fingerprint density at radius 3 is 2.66 bits per heavy atom. The maximum atomic E-state index is 13.4. The molecule has 1 aliphatic rings. The highest BCUT2D eigenvalue weighted by molar-refractivity contribution is 6.38. The molecule has 8 heteroatoms. The van der Waals surface area contributed by atoms with Crippen molar-refractivity contribution in [1.82, 2.24) is 19.7 Å². The molecule has 0 bridgehead atoms. The number of benzene rings is 1. The summed E-state index contributed by atoms with van der Waals surface area (Å²) < 4.78 is 6.83. The molecule has 0 aliphatic carbocycles. The van der Waals surface area contributed by atoms with E-state index in [0.29, 0.717) is 33.7 Å². The third kappa shape index (κ3) is 2.42. The number of hydrogen-bond donors (Lipinski definition) is 0. The van der Waals surface area contributed by atoms with Crippen LogP contribution in [0.25, 0.3) is 22.3 Å². The van der Waals surface area contributed by atoms with E-state index in [2.05, 4.69) is 15.1 Å². The molecule has 0 atom stereocenters. The minimum atomic E-state index is -0.423. The van der Waals surface area contributed by atoms with E-state index < -0.39 is 11.8 Å². The third-order valence-electron chi connectivity index (χ3n) is 4.95. The zero-order chi connectivity index (χ0) is 20.1. The van der Waals surface area contributed by atoms with Crippen molar-refractivity contribution < 1.29 is 14.3 Å². The van der Waals surface area contributed by atoms with Crippen LogP contribution in [0.15, 0.2) is 55.0 Å². The second kappa shape index (κ2) is 6.23. The first kappa shape index (κ1) is 17.1. The number of nitrogens with zero attached hydrogens (tertiary/aromatic N) is 5. The van der Waals surface area contributed by atoms with E-state index in [-0.39, 0.29) is 5.56 Å². The first-order chi connectivity index (χ1) is 14.1. The number of pyridine rings is 2. The summed E-state index contributed by atoms with van der Waals surface area (Å²) in [5.41, 5.74) is 2.83. The number of carbonyl (C=O) groups excluding carboxylic acids is 2. The summed E-state index contributed by atoms with van der Waals surface area (Å²) >= 11 is 0. The van der Waals surface area contributed by atoms with Crippen molar-refractivity contribution in [2.75, 3.05) is 12.0 Å². The van der Waals surface area contributed by atoms with Crippen molar-refractivity contribution in [3.05, 3.63) is 66.1 Å². The molecule has 3 aromatic heterocycles. The van der Waals surface area contributed by atoms with Gasteiger partial charge in [0, 0.05) is 37.3 Å². The summed E-state index contributed by atoms with van der Waals surface area (Å²) in [6.45, 7) is 0. The number of aromatic nitrogens is 4. The minimum Gasteiger partial charge on any atom is -0.497 e. The zero-order valence-electron chi connectivity index (χ0n) is 15.7. The molecule has 0 saturated carbocycles. The predicted molar refractivity (Wildman–Crippen MR) is 106 cm³/mol. The van der Waals surface area contributed by atoms with Gasteiger partial charge in [-0.15, -0.1) is 0 Å². The Balaban J connectivity index is 1.75. The van der Waals surface area contributed by atoms with Gasteiger partial charge >= 0.3 is 0 Å². The number of ether oxygens (including phenoxy) is 1. The van der Waals surface area contributed by atoms with Crippen molar-refractivity contribution >= 4 is 28.5 Å². The Hall–Kier alpha value is -4.07. The zero-order valence-corrected chi connectivity index (χ0v) is 15.7. The van der Waals surface area contributed by atoms with Gasteiger partial charge in [-0.1, -0.05) is 6.07 Å². The van der Waals surface area contributed by atoms with Crippen LogP contribution in [0.2, 0.25) is 0 Å². The average molecular weight is 385 g/mol. The molecule has 142 valence electrons. The van der Waals surface area contributed by atoms with Gasteiger partial charge in [-0.3, -0.25) is 14.6 Å². The van der Waals surface area contributed by atoms with E-state index in [1.165, 1.54) is 13.3 Å². The molecule has 1 aromatic carbocycles. The van der Waals surface area contributed by atoms with E-state index >= 15 is 0 Å². The SMILES string of the molecule is COc1cccc(N2C(=O)c3cnc4c(c(-c5cccnc5)nn4C)c3C2=O)c1. The molecule has 4 aromatic rings. The van der Waals surface area contributed by atoms with Crippen LogP contribution in [-0.4, -0.2) is 38.7 Å². The average Bonchev–Trinajstić information content (AvgIpc) is 3.23. The highest BCUT2D eigenvalue weighted by Gasteiger charge is 2.40. The molecule has 5 rings (SSSR count). The predicted octanol–water partition coefficient (Wildman–Crippen LogP) is 2.84. The van der Waals surface area contributed by atoms with Crippen molar-refractivity contribution in [1.29, 1.82) is 0 Å². The van der Waals surface area contributed by atoms with Crippen LogP contribution in [-0.2, 0) is 7.05 Å². The minimum absolute atomic E-state index is 0.253. The van der Waals surface area contributed by atoms with E-state index in [1.807, 2.05) is 6.07 Å². The Bertz CT molecular complexity index is 1300. The van der Waals surface area contributed by atoms with Crippen LogP contribution in [0.4, 0.5) is 5.69 Å². The Kier molecular flexibility index (Phi) is 3.67. The number of carbonyl (C=O) groups is 2. The highest BCUT2D eigenvalue weighted by atomic mass is 16.5. The fourth-order valence-corrected chi connectivity index (χ4v) is 3.62. The molecular formula is C21H15N5O3. The van der Waals surface area contributed by atoms with Gasteiger partial charge in [0.1, 0.15) is 11.4 Å². The number of methoxy groups -OCH3 is 1. The quantitative estimate of drug-likeness (QED) is 0.504. The second-order valence-electron chi connectivity index (χ2n) is 6.61. The van der Waals surface area contributed by atoms with Crippen LogP contribution in [0, 0.1) is 0 Å². The standard InChI is InChI=1S/C21H15N5O3/c1-25-19-17(18(24-25)12-5-4-8-22-10-12)16-15(11-23-19)20(27)26(21(16)28)13-6-3-7-14(9-13)29-2/h3-11H,1-2H3. The number of aryl methyl sites for hydroxylation is 1. The van der Waals surface area contributed by atoms with Gasteiger partial charge in [0.25, 0.3) is 11.8 Å². The van der Waals surface area contributed by atoms with Gasteiger partial charge in [0.15, 0.2) is 5.65 Å². The highest BCUT2D eigenvalue weighted by Crippen LogP contribution is 2.37. The van der Waals surface area contributed by atoms with Crippen molar-refractivity contribution in [3.8, 4) is 17.0 Å². The van der Waals surface area contributed by atoms with Crippen LogP contribution >= 0.6 is 0 Å². The normalized spacial score (nSPS) is 13.2. The van der Waals surface area contributed by atoms with Crippen LogP contribution in [0.5, 0.6) is 5.75 Å². The lowest BCUT2D eigenvalue weighted by Crippen LogP contribution is -2.29. The van der Waals surface area contributed by atoms with Crippen LogP contribution < -0.4 is 9.64 Å². The van der Waals surface area contributed by atoms with Crippen molar-refractivity contribution in [2.45, 2.75) is 0 Å². The molecule has 0 spiro atoms. The first-order valence-corrected chi connectivity index (χ1v) is 8.89. The van der Waals surface area contributed by atoms with E-state index in [9.17, 15) is 9.59 Å². The molecule has 0 N–H and O–H groups in total. The van der Waals surface area contributed by atoms with E-state index in [1.54, 1.807) is 54.5 Å². The molecule has 2 amide bonds. The third-order valence-corrected chi connectivity index (χ3v) is 4.95. The second-order valence-corrected chi connectivity index (χ2v) is 6.61. The first-order valence-electron chi connectivity index (χ1n) is 8.89. The van der Waals surface area contributed by atoms with Crippen LogP contribution in [0.1, 0.15) is 20.7 Å². The van der Waals surface area contributed by atoms with Gasteiger partial charge < -0.3 is 4.74 Å². The molecule has 4 heterocycles. The lowest BCUT2D eigenvalue weighted by molar-refractivity contribution is 0.0926. The van der Waals surface area contributed by atoms with Gasteiger partial charge in [-0.25, -0.2) is 14.6 Å². The summed E-state index contributed by atoms with van der Waals surface area (Å²) in [6.07, 6.45) is 4.77. The maximum Gasteiger partial charge on any atom is 0.267 e. The fraction of sp³-hybridized carbons (Fsp3) is 0.0952. The molecule has 0 unspecified atom stereocenters. The molecule has 0 fully saturated rings. The topological polar surface area (TPSA) is 90.2 Å². The number of hydrogen-bond acceptors (Lipinski definition) is 6. The fourth-order valence-electron chi connectivity index (χ4n) is 3.62. The van der Waals surface area contributed by atoms with Crippen molar-refractivity contribution in [2.24, 2.45) is 7.05 Å². The lowest BCUT2D eigenvalue weighted by atomic mass is 10.0. The van der Waals surface area contributed by atoms with E-state index in [4.69, 9.17) is 4.74 Å². The summed E-state index contributed by atoms with van der Waals surface area (Å²) in [5, 5.41) is 5.08. The number of rotatable bonds is 3. The molecule has 0 saturated heterocycles. The lowest BCUT2D eigenvalue weighted by Gasteiger charge is -2.14. The molecule has 29 heavy (non-hydrogen) atoms. The van der Waals surface area contributed by atoms with E-state index in [0.717, 1.165) is 10.5 Å². The number of anilines is 1. The summed E-state index contributed by atoms with van der Waals surface area (Å²) in [7, 11) is 3.29. The summed E-state index contributed by atoms with van der Waals surface area (Å²) in [6, 6.07) is 10.5. The molecular weight excluding hydrogens is 370 g/mol. The number of imide groups is 1.